The Bertz CT molecular complexity index is 824. The number of aromatic nitrogens is 4. The van der Waals surface area contributed by atoms with Crippen molar-refractivity contribution in [2.45, 2.75) is 24.4 Å². The van der Waals surface area contributed by atoms with Gasteiger partial charge in [0.2, 0.25) is 5.95 Å². The number of aryl methyl sites for hydroxylation is 1. The molecule has 2 aromatic rings. The van der Waals surface area contributed by atoms with Gasteiger partial charge in [-0.2, -0.15) is 5.26 Å². The summed E-state index contributed by atoms with van der Waals surface area (Å²) in [5.74, 6) is 1.75. The Kier molecular flexibility index (Phi) is 4.40. The van der Waals surface area contributed by atoms with Gasteiger partial charge in [0.25, 0.3) is 0 Å². The topological polar surface area (TPSA) is 81.8 Å². The van der Waals surface area contributed by atoms with Crippen LogP contribution in [0.3, 0.4) is 0 Å². The lowest BCUT2D eigenvalue weighted by molar-refractivity contribution is 0.628. The molecule has 0 N–H and O–H groups in total. The number of thioether (sulfide) groups is 1. The van der Waals surface area contributed by atoms with Gasteiger partial charge in [-0.05, 0) is 31.6 Å². The van der Waals surface area contributed by atoms with Gasteiger partial charge in [0, 0.05) is 37.9 Å². The highest BCUT2D eigenvalue weighted by molar-refractivity contribution is 7.98. The van der Waals surface area contributed by atoms with Gasteiger partial charge in [-0.1, -0.05) is 11.8 Å². The van der Waals surface area contributed by atoms with Crippen LogP contribution in [-0.2, 0) is 12.8 Å². The molecule has 25 heavy (non-hydrogen) atoms. The SMILES string of the molecule is CSc1nc2c(c(N3CCN(c4nccc(C#N)n4)CC3)n1)CCC2. The van der Waals surface area contributed by atoms with E-state index in [0.717, 1.165) is 50.0 Å². The number of nitrogens with zero attached hydrogens (tertiary/aromatic N) is 7. The van der Waals surface area contributed by atoms with Crippen molar-refractivity contribution in [3.63, 3.8) is 0 Å². The van der Waals surface area contributed by atoms with Crippen molar-refractivity contribution in [1.82, 2.24) is 19.9 Å². The van der Waals surface area contributed by atoms with Crippen molar-refractivity contribution in [2.75, 3.05) is 42.2 Å². The van der Waals surface area contributed by atoms with Crippen LogP contribution < -0.4 is 9.80 Å². The Morgan fingerprint density at radius 1 is 1.08 bits per heavy atom. The fourth-order valence-corrected chi connectivity index (χ4v) is 3.80. The Balaban J connectivity index is 1.53. The molecule has 2 aromatic heterocycles. The van der Waals surface area contributed by atoms with Gasteiger partial charge in [0.05, 0.1) is 5.69 Å². The number of anilines is 2. The van der Waals surface area contributed by atoms with E-state index in [1.54, 1.807) is 24.0 Å². The standard InChI is InChI=1S/C17H19N7S/c1-25-17-21-14-4-2-3-13(14)15(22-17)23-7-9-24(10-8-23)16-19-6-5-12(11-18)20-16/h5-6H,2-4,7-10H2,1H3. The van der Waals surface area contributed by atoms with E-state index in [1.807, 2.05) is 6.26 Å². The van der Waals surface area contributed by atoms with Crippen molar-refractivity contribution in [2.24, 2.45) is 0 Å². The Morgan fingerprint density at radius 2 is 1.88 bits per heavy atom. The molecular weight excluding hydrogens is 334 g/mol. The third-order valence-corrected chi connectivity index (χ3v) is 5.24. The molecule has 4 rings (SSSR count). The van der Waals surface area contributed by atoms with Crippen molar-refractivity contribution < 1.29 is 0 Å². The first-order valence-corrected chi connectivity index (χ1v) is 9.68. The summed E-state index contributed by atoms with van der Waals surface area (Å²) in [5, 5.41) is 9.87. The van der Waals surface area contributed by atoms with E-state index in [1.165, 1.54) is 17.7 Å². The van der Waals surface area contributed by atoms with Crippen LogP contribution in [0.25, 0.3) is 0 Å². The van der Waals surface area contributed by atoms with Crippen LogP contribution in [0.15, 0.2) is 17.4 Å². The molecular formula is C17H19N7S. The van der Waals surface area contributed by atoms with E-state index in [4.69, 9.17) is 10.2 Å². The minimum absolute atomic E-state index is 0.408. The Labute approximate surface area is 151 Å². The maximum Gasteiger partial charge on any atom is 0.226 e. The monoisotopic (exact) mass is 353 g/mol. The minimum atomic E-state index is 0.408. The van der Waals surface area contributed by atoms with Gasteiger partial charge in [-0.3, -0.25) is 0 Å². The molecule has 1 saturated heterocycles. The fourth-order valence-electron chi connectivity index (χ4n) is 3.42. The van der Waals surface area contributed by atoms with Crippen LogP contribution in [0.1, 0.15) is 23.4 Å². The number of hydrogen-bond donors (Lipinski definition) is 0. The van der Waals surface area contributed by atoms with Gasteiger partial charge in [-0.25, -0.2) is 19.9 Å². The summed E-state index contributed by atoms with van der Waals surface area (Å²) in [6.07, 6.45) is 6.98. The zero-order valence-corrected chi connectivity index (χ0v) is 15.0. The summed E-state index contributed by atoms with van der Waals surface area (Å²) in [5.41, 5.74) is 2.96. The lowest BCUT2D eigenvalue weighted by Gasteiger charge is -2.36. The normalized spacial score (nSPS) is 16.6. The van der Waals surface area contributed by atoms with Crippen LogP contribution in [0.5, 0.6) is 0 Å². The molecule has 8 heteroatoms. The van der Waals surface area contributed by atoms with E-state index in [2.05, 4.69) is 30.8 Å². The maximum absolute atomic E-state index is 9.01. The van der Waals surface area contributed by atoms with E-state index in [9.17, 15) is 0 Å². The second kappa shape index (κ2) is 6.84. The highest BCUT2D eigenvalue weighted by Crippen LogP contribution is 2.31. The molecule has 0 saturated carbocycles. The smallest absolute Gasteiger partial charge is 0.226 e. The first kappa shape index (κ1) is 16.1. The predicted octanol–water partition coefficient (Wildman–Crippen LogP) is 1.68. The average molecular weight is 353 g/mol. The molecule has 0 aromatic carbocycles. The summed E-state index contributed by atoms with van der Waals surface area (Å²) >= 11 is 1.60. The molecule has 7 nitrogen and oxygen atoms in total. The van der Waals surface area contributed by atoms with Gasteiger partial charge in [0.1, 0.15) is 17.6 Å². The number of piperazine rings is 1. The number of hydrogen-bond acceptors (Lipinski definition) is 8. The van der Waals surface area contributed by atoms with E-state index in [0.29, 0.717) is 11.6 Å². The third kappa shape index (κ3) is 3.12. The summed E-state index contributed by atoms with van der Waals surface area (Å²) in [7, 11) is 0. The van der Waals surface area contributed by atoms with E-state index < -0.39 is 0 Å². The summed E-state index contributed by atoms with van der Waals surface area (Å²) < 4.78 is 0. The quantitative estimate of drug-likeness (QED) is 0.609. The fraction of sp³-hybridized carbons (Fsp3) is 0.471. The molecule has 3 heterocycles. The van der Waals surface area contributed by atoms with Crippen LogP contribution >= 0.6 is 11.8 Å². The Morgan fingerprint density at radius 3 is 2.64 bits per heavy atom. The molecule has 0 unspecified atom stereocenters. The second-order valence-corrected chi connectivity index (χ2v) is 6.91. The first-order chi connectivity index (χ1) is 12.3. The highest BCUT2D eigenvalue weighted by Gasteiger charge is 2.26. The average Bonchev–Trinajstić information content (AvgIpc) is 3.16. The van der Waals surface area contributed by atoms with E-state index >= 15 is 0 Å². The zero-order chi connectivity index (χ0) is 17.2. The van der Waals surface area contributed by atoms with Crippen molar-refractivity contribution >= 4 is 23.5 Å². The number of fused-ring (bicyclic) bond motifs is 1. The molecule has 2 aliphatic rings. The molecule has 1 aliphatic carbocycles. The molecule has 128 valence electrons. The largest absolute Gasteiger partial charge is 0.353 e. The van der Waals surface area contributed by atoms with E-state index in [-0.39, 0.29) is 0 Å². The van der Waals surface area contributed by atoms with Gasteiger partial charge < -0.3 is 9.80 Å². The minimum Gasteiger partial charge on any atom is -0.353 e. The zero-order valence-electron chi connectivity index (χ0n) is 14.1. The van der Waals surface area contributed by atoms with Gasteiger partial charge in [0.15, 0.2) is 5.16 Å². The summed E-state index contributed by atoms with van der Waals surface area (Å²) in [6, 6.07) is 3.71. The molecule has 1 fully saturated rings. The van der Waals surface area contributed by atoms with Crippen LogP contribution in [0, 0.1) is 11.3 Å². The lowest BCUT2D eigenvalue weighted by Crippen LogP contribution is -2.47. The van der Waals surface area contributed by atoms with Gasteiger partial charge >= 0.3 is 0 Å². The van der Waals surface area contributed by atoms with Crippen LogP contribution in [0.2, 0.25) is 0 Å². The van der Waals surface area contributed by atoms with Crippen molar-refractivity contribution in [3.05, 3.63) is 29.2 Å². The maximum atomic E-state index is 9.01. The van der Waals surface area contributed by atoms with Crippen molar-refractivity contribution in [1.29, 1.82) is 5.26 Å². The predicted molar refractivity (Wildman–Crippen MR) is 97.0 cm³/mol. The molecule has 0 bridgehead atoms. The Hall–Kier alpha value is -2.40. The third-order valence-electron chi connectivity index (χ3n) is 4.69. The van der Waals surface area contributed by atoms with Crippen molar-refractivity contribution in [3.8, 4) is 6.07 Å². The molecule has 1 aliphatic heterocycles. The number of nitriles is 1. The first-order valence-electron chi connectivity index (χ1n) is 8.45. The summed E-state index contributed by atoms with van der Waals surface area (Å²) in [6.45, 7) is 3.39. The summed E-state index contributed by atoms with van der Waals surface area (Å²) in [4.78, 5) is 22.6. The lowest BCUT2D eigenvalue weighted by atomic mass is 10.2. The molecule has 0 atom stereocenters. The van der Waals surface area contributed by atoms with Crippen LogP contribution in [0.4, 0.5) is 11.8 Å². The van der Waals surface area contributed by atoms with Crippen LogP contribution in [-0.4, -0.2) is 52.4 Å². The molecule has 0 amide bonds. The molecule has 0 radical (unpaired) electrons. The number of rotatable bonds is 3. The second-order valence-electron chi connectivity index (χ2n) is 6.14. The molecule has 0 spiro atoms. The van der Waals surface area contributed by atoms with Gasteiger partial charge in [-0.15, -0.1) is 0 Å². The highest BCUT2D eigenvalue weighted by atomic mass is 32.2.